The van der Waals surface area contributed by atoms with Crippen molar-refractivity contribution in [2.24, 2.45) is 62.1 Å². The van der Waals surface area contributed by atoms with Crippen LogP contribution in [0.15, 0.2) is 12.2 Å². The molecule has 48 heavy (non-hydrogen) atoms. The molecule has 0 aliphatic heterocycles. The van der Waals surface area contributed by atoms with E-state index in [1.165, 1.54) is 5.57 Å². The number of carboxylic acid groups (broad SMARTS) is 1. The Morgan fingerprint density at radius 2 is 1.58 bits per heavy atom. The highest BCUT2D eigenvalue weighted by Gasteiger charge is 2.72. The van der Waals surface area contributed by atoms with Gasteiger partial charge < -0.3 is 25.4 Å². The van der Waals surface area contributed by atoms with E-state index in [9.17, 15) is 29.7 Å². The Morgan fingerprint density at radius 3 is 2.21 bits per heavy atom. The normalized spacial score (nSPS) is 42.3. The number of esters is 1. The number of carboxylic acids is 1. The number of aliphatic hydroxyl groups is 2. The highest BCUT2D eigenvalue weighted by Crippen LogP contribution is 2.77. The standard InChI is InChI=1S/C40H65NO7/c1-24(2)26-12-17-40(34(47)41-22-25(43)23-42)19-18-38(8)27(33(26)40)10-11-29-37(7)15-14-30(36(5,6)28(37)13-16-39(29,38)9)48-32(46)21-35(3,4)20-31(44)45/h25-30,33,42-43H,1,10-23H2,2-9H3,(H,41,47)(H,44,45)/t25?,26-,27+,28-,29+,30-,33+,37-,38+,39+,40-/m0/s1. The van der Waals surface area contributed by atoms with Gasteiger partial charge in [-0.3, -0.25) is 14.4 Å². The molecule has 5 aliphatic rings. The highest BCUT2D eigenvalue weighted by atomic mass is 16.5. The first kappa shape index (κ1) is 37.3. The SMILES string of the molecule is C=C(C)[C@@H]1CC[C@]2(C(=O)NCC(O)CO)CC[C@]3(C)[C@H](CC[C@@H]4[C@@]5(C)CC[C@H](OC(=O)CC(C)(C)CC(=O)O)C(C)(C)[C@@H]5CC[C@]43C)[C@@H]12. The van der Waals surface area contributed by atoms with Crippen LogP contribution >= 0.6 is 0 Å². The van der Waals surface area contributed by atoms with Crippen LogP contribution in [-0.4, -0.2) is 58.5 Å². The number of aliphatic carboxylic acids is 1. The number of allylic oxidation sites excluding steroid dienone is 1. The van der Waals surface area contributed by atoms with Gasteiger partial charge in [0.05, 0.1) is 31.0 Å². The van der Waals surface area contributed by atoms with Crippen LogP contribution in [0, 0.1) is 62.1 Å². The number of aliphatic hydroxyl groups excluding tert-OH is 2. The van der Waals surface area contributed by atoms with Gasteiger partial charge in [0.25, 0.3) is 0 Å². The second kappa shape index (κ2) is 12.7. The van der Waals surface area contributed by atoms with Gasteiger partial charge in [-0.05, 0) is 122 Å². The lowest BCUT2D eigenvalue weighted by molar-refractivity contribution is -0.249. The summed E-state index contributed by atoms with van der Waals surface area (Å²) in [5.74, 6) is 0.729. The fraction of sp³-hybridized carbons (Fsp3) is 0.875. The minimum Gasteiger partial charge on any atom is -0.481 e. The number of ether oxygens (including phenoxy) is 1. The molecule has 0 bridgehead atoms. The number of fused-ring (bicyclic) bond motifs is 7. The van der Waals surface area contributed by atoms with Crippen LogP contribution in [0.25, 0.3) is 0 Å². The third-order valence-corrected chi connectivity index (χ3v) is 15.7. The first-order chi connectivity index (χ1) is 22.2. The predicted molar refractivity (Wildman–Crippen MR) is 186 cm³/mol. The van der Waals surface area contributed by atoms with Crippen molar-refractivity contribution >= 4 is 17.8 Å². The molecule has 1 amide bonds. The van der Waals surface area contributed by atoms with Crippen molar-refractivity contribution in [1.82, 2.24) is 5.32 Å². The smallest absolute Gasteiger partial charge is 0.306 e. The molecular formula is C40H65NO7. The zero-order valence-electron chi connectivity index (χ0n) is 31.1. The van der Waals surface area contributed by atoms with Crippen LogP contribution in [-0.2, 0) is 19.1 Å². The molecule has 5 saturated carbocycles. The summed E-state index contributed by atoms with van der Waals surface area (Å²) >= 11 is 0. The molecule has 8 nitrogen and oxygen atoms in total. The monoisotopic (exact) mass is 671 g/mol. The van der Waals surface area contributed by atoms with E-state index in [1.807, 2.05) is 13.8 Å². The van der Waals surface area contributed by atoms with Gasteiger partial charge in [0, 0.05) is 12.0 Å². The second-order valence-electron chi connectivity index (χ2n) is 19.1. The average molecular weight is 672 g/mol. The van der Waals surface area contributed by atoms with Crippen LogP contribution in [0.3, 0.4) is 0 Å². The van der Waals surface area contributed by atoms with Crippen molar-refractivity contribution in [2.45, 2.75) is 145 Å². The molecule has 0 radical (unpaired) electrons. The molecule has 4 N–H and O–H groups in total. The van der Waals surface area contributed by atoms with Crippen molar-refractivity contribution in [3.8, 4) is 0 Å². The van der Waals surface area contributed by atoms with Gasteiger partial charge in [-0.1, -0.05) is 60.6 Å². The number of hydrogen-bond acceptors (Lipinski definition) is 6. The molecule has 0 aromatic carbocycles. The minimum atomic E-state index is -0.951. The Morgan fingerprint density at radius 1 is 0.896 bits per heavy atom. The lowest BCUT2D eigenvalue weighted by Gasteiger charge is -2.72. The summed E-state index contributed by atoms with van der Waals surface area (Å²) in [6.07, 6.45) is 8.84. The summed E-state index contributed by atoms with van der Waals surface area (Å²) < 4.78 is 6.23. The van der Waals surface area contributed by atoms with Crippen LogP contribution in [0.5, 0.6) is 0 Å². The summed E-state index contributed by atoms with van der Waals surface area (Å²) in [7, 11) is 0. The molecule has 11 atom stereocenters. The first-order valence-corrected chi connectivity index (χ1v) is 18.8. The minimum absolute atomic E-state index is 0.0507. The fourth-order valence-corrected chi connectivity index (χ4v) is 13.2. The maximum Gasteiger partial charge on any atom is 0.306 e. The topological polar surface area (TPSA) is 133 Å². The van der Waals surface area contributed by atoms with Crippen LogP contribution in [0.4, 0.5) is 0 Å². The molecule has 0 aromatic rings. The van der Waals surface area contributed by atoms with Crippen molar-refractivity contribution in [3.05, 3.63) is 12.2 Å². The number of hydrogen-bond donors (Lipinski definition) is 4. The van der Waals surface area contributed by atoms with Crippen molar-refractivity contribution < 1.29 is 34.4 Å². The first-order valence-electron chi connectivity index (χ1n) is 18.8. The molecule has 1 unspecified atom stereocenters. The van der Waals surface area contributed by atoms with E-state index in [0.717, 1.165) is 64.2 Å². The van der Waals surface area contributed by atoms with E-state index >= 15 is 0 Å². The van der Waals surface area contributed by atoms with E-state index in [1.54, 1.807) is 0 Å². The Balaban J connectivity index is 1.39. The predicted octanol–water partition coefficient (Wildman–Crippen LogP) is 6.92. The number of carbonyl (C=O) groups excluding carboxylic acids is 2. The third-order valence-electron chi connectivity index (χ3n) is 15.7. The van der Waals surface area contributed by atoms with Gasteiger partial charge in [-0.25, -0.2) is 0 Å². The largest absolute Gasteiger partial charge is 0.481 e. The van der Waals surface area contributed by atoms with E-state index in [0.29, 0.717) is 23.7 Å². The van der Waals surface area contributed by atoms with Gasteiger partial charge in [-0.2, -0.15) is 0 Å². The maximum absolute atomic E-state index is 14.1. The molecule has 5 fully saturated rings. The zero-order valence-corrected chi connectivity index (χ0v) is 31.1. The summed E-state index contributed by atoms with van der Waals surface area (Å²) in [6, 6.07) is 0. The summed E-state index contributed by atoms with van der Waals surface area (Å²) in [6.45, 7) is 22.2. The highest BCUT2D eigenvalue weighted by molar-refractivity contribution is 5.84. The molecule has 5 aliphatic carbocycles. The van der Waals surface area contributed by atoms with E-state index in [-0.39, 0.29) is 71.6 Å². The zero-order chi connectivity index (χ0) is 35.7. The van der Waals surface area contributed by atoms with Gasteiger partial charge in [0.2, 0.25) is 5.91 Å². The Hall–Kier alpha value is -1.93. The average Bonchev–Trinajstić information content (AvgIpc) is 3.38. The number of carbonyl (C=O) groups is 3. The van der Waals surface area contributed by atoms with Crippen molar-refractivity contribution in [3.63, 3.8) is 0 Å². The molecular weight excluding hydrogens is 606 g/mol. The van der Waals surface area contributed by atoms with Crippen LogP contribution < -0.4 is 5.32 Å². The van der Waals surface area contributed by atoms with E-state index < -0.39 is 22.9 Å². The lowest BCUT2D eigenvalue weighted by atomic mass is 9.32. The third kappa shape index (κ3) is 5.86. The summed E-state index contributed by atoms with van der Waals surface area (Å²) in [5.41, 5.74) is 0.149. The molecule has 0 aromatic heterocycles. The fourth-order valence-electron chi connectivity index (χ4n) is 13.2. The van der Waals surface area contributed by atoms with Crippen LogP contribution in [0.1, 0.15) is 132 Å². The van der Waals surface area contributed by atoms with Crippen LogP contribution in [0.2, 0.25) is 0 Å². The van der Waals surface area contributed by atoms with E-state index in [4.69, 9.17) is 4.74 Å². The molecule has 8 heteroatoms. The molecule has 0 spiro atoms. The molecule has 272 valence electrons. The maximum atomic E-state index is 14.1. The molecule has 5 rings (SSSR count). The van der Waals surface area contributed by atoms with Gasteiger partial charge in [0.1, 0.15) is 6.10 Å². The van der Waals surface area contributed by atoms with Gasteiger partial charge >= 0.3 is 11.9 Å². The molecule has 0 saturated heterocycles. The Labute approximate surface area is 289 Å². The number of nitrogens with one attached hydrogen (secondary N) is 1. The quantitative estimate of drug-likeness (QED) is 0.146. The number of amides is 1. The molecule has 0 heterocycles. The lowest BCUT2D eigenvalue weighted by Crippen LogP contribution is -2.67. The summed E-state index contributed by atoms with van der Waals surface area (Å²) in [5, 5.41) is 31.8. The van der Waals surface area contributed by atoms with Gasteiger partial charge in [-0.15, -0.1) is 0 Å². The Bertz CT molecular complexity index is 1290. The van der Waals surface area contributed by atoms with E-state index in [2.05, 4.69) is 53.4 Å². The Kier molecular flexibility index (Phi) is 9.86. The van der Waals surface area contributed by atoms with Crippen molar-refractivity contribution in [1.29, 1.82) is 0 Å². The second-order valence-corrected chi connectivity index (χ2v) is 19.1. The number of rotatable bonds is 10. The van der Waals surface area contributed by atoms with Gasteiger partial charge in [0.15, 0.2) is 0 Å². The summed E-state index contributed by atoms with van der Waals surface area (Å²) in [4.78, 5) is 38.6. The van der Waals surface area contributed by atoms with Crippen molar-refractivity contribution in [2.75, 3.05) is 13.2 Å².